The van der Waals surface area contributed by atoms with Crippen LogP contribution in [0.1, 0.15) is 11.5 Å². The molecule has 2 rings (SSSR count). The zero-order valence-corrected chi connectivity index (χ0v) is 8.04. The first-order chi connectivity index (χ1) is 6.75. The first-order valence-corrected chi connectivity index (χ1v) is 4.53. The van der Waals surface area contributed by atoms with Gasteiger partial charge in [-0.2, -0.15) is 0 Å². The van der Waals surface area contributed by atoms with Crippen LogP contribution in [-0.4, -0.2) is 4.98 Å². The first kappa shape index (κ1) is 9.09. The summed E-state index contributed by atoms with van der Waals surface area (Å²) in [6.45, 7) is 0. The summed E-state index contributed by atoms with van der Waals surface area (Å²) in [5, 5.41) is 0.202. The topological polar surface area (TPSA) is 46.0 Å². The molecule has 0 atom stereocenters. The second-order valence-electron chi connectivity index (χ2n) is 2.92. The molecule has 14 heavy (non-hydrogen) atoms. The molecule has 0 bridgehead atoms. The molecule has 0 aliphatic heterocycles. The van der Waals surface area contributed by atoms with E-state index in [1.54, 1.807) is 18.4 Å². The zero-order chi connectivity index (χ0) is 9.97. The first-order valence-electron chi connectivity index (χ1n) is 4.16. The molecule has 1 N–H and O–H groups in total. The Balaban J connectivity index is 2.26. The van der Waals surface area contributed by atoms with Gasteiger partial charge in [0.05, 0.1) is 6.26 Å². The van der Waals surface area contributed by atoms with Crippen molar-refractivity contribution in [2.24, 2.45) is 0 Å². The second-order valence-corrected chi connectivity index (χ2v) is 3.32. The Labute approximate surface area is 85.3 Å². The fourth-order valence-electron chi connectivity index (χ4n) is 1.20. The van der Waals surface area contributed by atoms with E-state index in [9.17, 15) is 4.79 Å². The molecule has 4 heteroatoms. The van der Waals surface area contributed by atoms with E-state index >= 15 is 0 Å². The Morgan fingerprint density at radius 3 is 2.86 bits per heavy atom. The fourth-order valence-corrected chi connectivity index (χ4v) is 1.31. The highest BCUT2D eigenvalue weighted by Gasteiger charge is 2.01. The third-order valence-electron chi connectivity index (χ3n) is 1.87. The maximum Gasteiger partial charge on any atom is 0.266 e. The van der Waals surface area contributed by atoms with Crippen molar-refractivity contribution in [1.82, 2.24) is 4.98 Å². The van der Waals surface area contributed by atoms with E-state index in [1.165, 1.54) is 0 Å². The molecule has 0 aromatic carbocycles. The minimum atomic E-state index is -0.268. The van der Waals surface area contributed by atoms with Crippen molar-refractivity contribution in [1.29, 1.82) is 0 Å². The van der Waals surface area contributed by atoms with Gasteiger partial charge >= 0.3 is 0 Å². The van der Waals surface area contributed by atoms with Crippen LogP contribution >= 0.6 is 11.6 Å². The van der Waals surface area contributed by atoms with Crippen molar-refractivity contribution >= 4 is 11.6 Å². The molecule has 0 fully saturated rings. The fraction of sp³-hybridized carbons (Fsp3) is 0.100. The van der Waals surface area contributed by atoms with Crippen molar-refractivity contribution < 1.29 is 4.42 Å². The van der Waals surface area contributed by atoms with Gasteiger partial charge in [-0.1, -0.05) is 11.6 Å². The number of rotatable bonds is 2. The van der Waals surface area contributed by atoms with E-state index in [2.05, 4.69) is 4.98 Å². The van der Waals surface area contributed by atoms with Crippen molar-refractivity contribution in [3.63, 3.8) is 0 Å². The Kier molecular flexibility index (Phi) is 2.41. The molecule has 0 amide bonds. The zero-order valence-electron chi connectivity index (χ0n) is 7.29. The molecule has 0 saturated carbocycles. The predicted molar refractivity (Wildman–Crippen MR) is 53.6 cm³/mol. The number of hydrogen-bond acceptors (Lipinski definition) is 2. The minimum Gasteiger partial charge on any atom is -0.469 e. The summed E-state index contributed by atoms with van der Waals surface area (Å²) in [5.41, 5.74) is 0.519. The summed E-state index contributed by atoms with van der Waals surface area (Å²) in [6.07, 6.45) is 2.17. The lowest BCUT2D eigenvalue weighted by Gasteiger charge is -1.97. The normalized spacial score (nSPS) is 10.4. The largest absolute Gasteiger partial charge is 0.469 e. The van der Waals surface area contributed by atoms with E-state index in [4.69, 9.17) is 16.0 Å². The van der Waals surface area contributed by atoms with E-state index in [1.807, 2.05) is 12.1 Å². The highest BCUT2D eigenvalue weighted by molar-refractivity contribution is 6.30. The molecule has 0 aliphatic rings. The second kappa shape index (κ2) is 3.72. The summed E-state index contributed by atoms with van der Waals surface area (Å²) >= 11 is 5.60. The van der Waals surface area contributed by atoms with Crippen molar-refractivity contribution in [3.8, 4) is 0 Å². The maximum atomic E-state index is 11.2. The van der Waals surface area contributed by atoms with Gasteiger partial charge in [0, 0.05) is 12.1 Å². The minimum absolute atomic E-state index is 0.202. The van der Waals surface area contributed by atoms with Crippen LogP contribution in [0.5, 0.6) is 0 Å². The van der Waals surface area contributed by atoms with Crippen molar-refractivity contribution in [3.05, 3.63) is 57.4 Å². The average molecular weight is 210 g/mol. The molecule has 0 unspecified atom stereocenters. The van der Waals surface area contributed by atoms with Crippen molar-refractivity contribution in [2.75, 3.05) is 0 Å². The van der Waals surface area contributed by atoms with Crippen LogP contribution in [-0.2, 0) is 6.42 Å². The van der Waals surface area contributed by atoms with Gasteiger partial charge in [-0.3, -0.25) is 4.79 Å². The van der Waals surface area contributed by atoms with E-state index < -0.39 is 0 Å². The number of pyridine rings is 1. The van der Waals surface area contributed by atoms with Gasteiger partial charge in [0.1, 0.15) is 10.8 Å². The summed E-state index contributed by atoms with van der Waals surface area (Å²) in [7, 11) is 0. The van der Waals surface area contributed by atoms with Gasteiger partial charge in [-0.05, 0) is 24.3 Å². The van der Waals surface area contributed by atoms with Gasteiger partial charge in [-0.15, -0.1) is 0 Å². The van der Waals surface area contributed by atoms with Gasteiger partial charge < -0.3 is 9.40 Å². The van der Waals surface area contributed by atoms with Crippen molar-refractivity contribution in [2.45, 2.75) is 6.42 Å². The molecule has 2 aromatic heterocycles. The summed E-state index contributed by atoms with van der Waals surface area (Å²) in [6, 6.07) is 7.02. The molecular weight excluding hydrogens is 202 g/mol. The molecule has 0 saturated heterocycles. The molecule has 2 aromatic rings. The number of nitrogens with one attached hydrogen (secondary N) is 1. The van der Waals surface area contributed by atoms with Crippen LogP contribution in [0, 0.1) is 0 Å². The van der Waals surface area contributed by atoms with Crippen LogP contribution in [0.15, 0.2) is 39.7 Å². The Bertz CT molecular complexity index is 473. The van der Waals surface area contributed by atoms with Gasteiger partial charge in [-0.25, -0.2) is 0 Å². The predicted octanol–water partition coefficient (Wildman–Crippen LogP) is 2.21. The van der Waals surface area contributed by atoms with Crippen LogP contribution in [0.4, 0.5) is 0 Å². The van der Waals surface area contributed by atoms with Crippen LogP contribution in [0.2, 0.25) is 5.02 Å². The molecule has 2 heterocycles. The maximum absolute atomic E-state index is 11.2. The van der Waals surface area contributed by atoms with E-state index in [0.29, 0.717) is 6.42 Å². The van der Waals surface area contributed by atoms with Crippen LogP contribution in [0.3, 0.4) is 0 Å². The smallest absolute Gasteiger partial charge is 0.266 e. The standard InChI is InChI=1S/C10H8ClNO2/c11-9-4-3-7(12-10(9)13)6-8-2-1-5-14-8/h1-5H,6H2,(H,12,13). The summed E-state index contributed by atoms with van der Waals surface area (Å²) in [5.74, 6) is 0.808. The van der Waals surface area contributed by atoms with Gasteiger partial charge in [0.2, 0.25) is 0 Å². The lowest BCUT2D eigenvalue weighted by Crippen LogP contribution is -2.08. The van der Waals surface area contributed by atoms with Gasteiger partial charge in [0.15, 0.2) is 0 Å². The average Bonchev–Trinajstić information content (AvgIpc) is 2.64. The molecule has 0 spiro atoms. The third-order valence-corrected chi connectivity index (χ3v) is 2.16. The lowest BCUT2D eigenvalue weighted by atomic mass is 10.2. The number of hydrogen-bond donors (Lipinski definition) is 1. The summed E-state index contributed by atoms with van der Waals surface area (Å²) in [4.78, 5) is 13.8. The lowest BCUT2D eigenvalue weighted by molar-refractivity contribution is 0.519. The molecule has 0 radical (unpaired) electrons. The monoisotopic (exact) mass is 209 g/mol. The SMILES string of the molecule is O=c1[nH]c(Cc2ccco2)ccc1Cl. The van der Waals surface area contributed by atoms with Crippen LogP contribution < -0.4 is 5.56 Å². The molecular formula is C10H8ClNO2. The molecule has 3 nitrogen and oxygen atoms in total. The van der Waals surface area contributed by atoms with Crippen LogP contribution in [0.25, 0.3) is 0 Å². The highest BCUT2D eigenvalue weighted by Crippen LogP contribution is 2.08. The van der Waals surface area contributed by atoms with Gasteiger partial charge in [0.25, 0.3) is 5.56 Å². The number of furan rings is 1. The Hall–Kier alpha value is -1.48. The number of aromatic nitrogens is 1. The number of halogens is 1. The number of aromatic amines is 1. The molecule has 0 aliphatic carbocycles. The molecule has 72 valence electrons. The van der Waals surface area contributed by atoms with E-state index in [0.717, 1.165) is 11.5 Å². The quantitative estimate of drug-likeness (QED) is 0.824. The van der Waals surface area contributed by atoms with E-state index in [-0.39, 0.29) is 10.6 Å². The third kappa shape index (κ3) is 1.88. The Morgan fingerprint density at radius 2 is 2.21 bits per heavy atom. The summed E-state index contributed by atoms with van der Waals surface area (Å²) < 4.78 is 5.15. The number of H-pyrrole nitrogens is 1. The Morgan fingerprint density at radius 1 is 1.36 bits per heavy atom. The highest BCUT2D eigenvalue weighted by atomic mass is 35.5.